The van der Waals surface area contributed by atoms with E-state index >= 15 is 0 Å². The molecule has 8 heteroatoms. The number of hydrogen-bond acceptors (Lipinski definition) is 5. The molecule has 0 radical (unpaired) electrons. The number of nitrogens with zero attached hydrogens (tertiary/aromatic N) is 2. The maximum absolute atomic E-state index is 12.7. The monoisotopic (exact) mass is 401 g/mol. The first-order valence-electron chi connectivity index (χ1n) is 8.92. The van der Waals surface area contributed by atoms with E-state index in [0.717, 1.165) is 11.1 Å². The van der Waals surface area contributed by atoms with E-state index in [1.54, 1.807) is 24.3 Å². The van der Waals surface area contributed by atoms with Gasteiger partial charge in [0.25, 0.3) is 11.5 Å². The van der Waals surface area contributed by atoms with Gasteiger partial charge >= 0.3 is 0 Å². The van der Waals surface area contributed by atoms with Gasteiger partial charge in [-0.2, -0.15) is 0 Å². The molecular formula is C20H20ClN3O4. The molecule has 3 rings (SSSR count). The lowest BCUT2D eigenvalue weighted by atomic mass is 10.2. The highest BCUT2D eigenvalue weighted by atomic mass is 35.5. The maximum Gasteiger partial charge on any atom is 0.280 e. The van der Waals surface area contributed by atoms with Crippen molar-refractivity contribution < 1.29 is 14.3 Å². The van der Waals surface area contributed by atoms with Gasteiger partial charge in [0.2, 0.25) is 0 Å². The van der Waals surface area contributed by atoms with Crippen molar-refractivity contribution in [2.24, 2.45) is 0 Å². The molecule has 0 saturated heterocycles. The van der Waals surface area contributed by atoms with Gasteiger partial charge < -0.3 is 9.47 Å². The predicted molar refractivity (Wildman–Crippen MR) is 108 cm³/mol. The van der Waals surface area contributed by atoms with E-state index in [2.05, 4.69) is 10.4 Å². The minimum atomic E-state index is -0.524. The van der Waals surface area contributed by atoms with Crippen molar-refractivity contribution in [3.63, 3.8) is 0 Å². The average molecular weight is 402 g/mol. The van der Waals surface area contributed by atoms with Gasteiger partial charge in [-0.1, -0.05) is 30.7 Å². The van der Waals surface area contributed by atoms with Crippen LogP contribution in [-0.4, -0.2) is 28.8 Å². The quantitative estimate of drug-likeness (QED) is 0.653. The lowest BCUT2D eigenvalue weighted by molar-refractivity contribution is 0.101. The highest BCUT2D eigenvalue weighted by Crippen LogP contribution is 2.36. The first-order chi connectivity index (χ1) is 13.5. The number of rotatable bonds is 7. The first-order valence-corrected chi connectivity index (χ1v) is 9.29. The zero-order chi connectivity index (χ0) is 20.1. The van der Waals surface area contributed by atoms with Crippen molar-refractivity contribution in [2.75, 3.05) is 18.6 Å². The molecular weight excluding hydrogens is 382 g/mol. The van der Waals surface area contributed by atoms with E-state index in [1.165, 1.54) is 18.5 Å². The van der Waals surface area contributed by atoms with Gasteiger partial charge in [-0.05, 0) is 37.6 Å². The van der Waals surface area contributed by atoms with Crippen LogP contribution in [0.1, 0.15) is 30.6 Å². The second-order valence-electron chi connectivity index (χ2n) is 5.94. The van der Waals surface area contributed by atoms with Crippen molar-refractivity contribution in [3.05, 3.63) is 63.7 Å². The molecule has 0 unspecified atom stereocenters. The molecule has 1 amide bonds. The van der Waals surface area contributed by atoms with Gasteiger partial charge in [0.15, 0.2) is 11.5 Å². The number of hydrogen-bond donors (Lipinski definition) is 1. The zero-order valence-electron chi connectivity index (χ0n) is 15.6. The van der Waals surface area contributed by atoms with E-state index in [-0.39, 0.29) is 16.1 Å². The van der Waals surface area contributed by atoms with Gasteiger partial charge in [0.05, 0.1) is 29.1 Å². The van der Waals surface area contributed by atoms with Crippen molar-refractivity contribution in [3.8, 4) is 11.5 Å². The second-order valence-corrected chi connectivity index (χ2v) is 6.35. The Morgan fingerprint density at radius 3 is 2.75 bits per heavy atom. The summed E-state index contributed by atoms with van der Waals surface area (Å²) in [6.45, 7) is 4.66. The summed E-state index contributed by atoms with van der Waals surface area (Å²) >= 11 is 6.30. The molecule has 1 N–H and O–H groups in total. The van der Waals surface area contributed by atoms with Crippen LogP contribution in [0.3, 0.4) is 0 Å². The molecule has 0 aliphatic heterocycles. The van der Waals surface area contributed by atoms with E-state index in [0.29, 0.717) is 35.6 Å². The first kappa shape index (κ1) is 19.7. The smallest absolute Gasteiger partial charge is 0.280 e. The van der Waals surface area contributed by atoms with E-state index in [1.807, 2.05) is 13.8 Å². The van der Waals surface area contributed by atoms with Crippen LogP contribution in [0.5, 0.6) is 11.5 Å². The van der Waals surface area contributed by atoms with Crippen LogP contribution in [0.25, 0.3) is 10.9 Å². The third-order valence-electron chi connectivity index (χ3n) is 3.91. The van der Waals surface area contributed by atoms with Gasteiger partial charge in [0.1, 0.15) is 6.33 Å². The zero-order valence-corrected chi connectivity index (χ0v) is 16.3. The Balaban J connectivity index is 1.92. The number of amides is 1. The fraction of sp³-hybridized carbons (Fsp3) is 0.250. The van der Waals surface area contributed by atoms with E-state index in [4.69, 9.17) is 21.1 Å². The Kier molecular flexibility index (Phi) is 6.16. The summed E-state index contributed by atoms with van der Waals surface area (Å²) in [6, 6.07) is 9.92. The number of nitrogens with one attached hydrogen (secondary N) is 1. The third kappa shape index (κ3) is 4.09. The summed E-state index contributed by atoms with van der Waals surface area (Å²) in [4.78, 5) is 29.4. The number of para-hydroxylation sites is 1. The van der Waals surface area contributed by atoms with Crippen LogP contribution in [0.2, 0.25) is 5.02 Å². The Hall–Kier alpha value is -3.06. The molecule has 0 saturated carbocycles. The number of carbonyl (C=O) groups is 1. The van der Waals surface area contributed by atoms with Crippen molar-refractivity contribution in [1.82, 2.24) is 9.66 Å². The Labute approximate surface area is 166 Å². The lowest BCUT2D eigenvalue weighted by Crippen LogP contribution is -2.33. The topological polar surface area (TPSA) is 82.5 Å². The average Bonchev–Trinajstić information content (AvgIpc) is 2.69. The summed E-state index contributed by atoms with van der Waals surface area (Å²) in [5, 5.41) is 0.662. The van der Waals surface area contributed by atoms with Crippen LogP contribution in [0.15, 0.2) is 47.5 Å². The minimum Gasteiger partial charge on any atom is -0.490 e. The molecule has 0 spiro atoms. The summed E-state index contributed by atoms with van der Waals surface area (Å²) in [5.74, 6) is 0.244. The largest absolute Gasteiger partial charge is 0.490 e. The number of carbonyl (C=O) groups excluding carboxylic acids is 1. The third-order valence-corrected chi connectivity index (χ3v) is 4.19. The van der Waals surface area contributed by atoms with E-state index in [9.17, 15) is 9.59 Å². The molecule has 1 aromatic heterocycles. The lowest BCUT2D eigenvalue weighted by Gasteiger charge is -2.15. The Morgan fingerprint density at radius 1 is 1.21 bits per heavy atom. The second kappa shape index (κ2) is 8.75. The number of ether oxygens (including phenoxy) is 2. The van der Waals surface area contributed by atoms with Gasteiger partial charge in [0, 0.05) is 5.56 Å². The fourth-order valence-electron chi connectivity index (χ4n) is 2.63. The van der Waals surface area contributed by atoms with Crippen molar-refractivity contribution >= 4 is 28.4 Å². The minimum absolute atomic E-state index is 0.234. The molecule has 146 valence electrons. The van der Waals surface area contributed by atoms with E-state index < -0.39 is 5.91 Å². The molecule has 7 nitrogen and oxygen atoms in total. The molecule has 28 heavy (non-hydrogen) atoms. The Morgan fingerprint density at radius 2 is 2.00 bits per heavy atom. The highest BCUT2D eigenvalue weighted by Gasteiger charge is 2.17. The maximum atomic E-state index is 12.7. The van der Waals surface area contributed by atoms with Crippen LogP contribution in [0.4, 0.5) is 0 Å². The number of aromatic nitrogens is 2. The Bertz CT molecular complexity index is 1060. The molecule has 0 atom stereocenters. The van der Waals surface area contributed by atoms with Crippen LogP contribution in [0, 0.1) is 0 Å². The number of fused-ring (bicyclic) bond motifs is 1. The molecule has 0 fully saturated rings. The van der Waals surface area contributed by atoms with Crippen molar-refractivity contribution in [1.29, 1.82) is 0 Å². The standard InChI is InChI=1S/C20H20ClN3O4/c1-3-9-28-18-15(21)10-13(11-17(18)27-4-2)19(25)23-24-12-22-16-8-6-5-7-14(16)20(24)26/h5-8,10-12H,3-4,9H2,1-2H3,(H,23,25). The molecule has 0 aliphatic rings. The van der Waals surface area contributed by atoms with Gasteiger partial charge in [-0.3, -0.25) is 15.0 Å². The molecule has 0 bridgehead atoms. The van der Waals surface area contributed by atoms with Crippen molar-refractivity contribution in [2.45, 2.75) is 20.3 Å². The summed E-state index contributed by atoms with van der Waals surface area (Å²) in [5.41, 5.74) is 2.94. The highest BCUT2D eigenvalue weighted by molar-refractivity contribution is 6.32. The summed E-state index contributed by atoms with van der Waals surface area (Å²) in [6.07, 6.45) is 2.08. The fourth-order valence-corrected chi connectivity index (χ4v) is 2.89. The predicted octanol–water partition coefficient (Wildman–Crippen LogP) is 3.62. The SMILES string of the molecule is CCCOc1c(Cl)cc(C(=O)Nn2cnc3ccccc3c2=O)cc1OCC. The molecule has 3 aromatic rings. The number of benzene rings is 2. The summed E-state index contributed by atoms with van der Waals surface area (Å²) in [7, 11) is 0. The normalized spacial score (nSPS) is 10.7. The molecule has 1 heterocycles. The molecule has 0 aliphatic carbocycles. The van der Waals surface area contributed by atoms with Gasteiger partial charge in [-0.15, -0.1) is 0 Å². The molecule has 2 aromatic carbocycles. The van der Waals surface area contributed by atoms with Gasteiger partial charge in [-0.25, -0.2) is 9.66 Å². The summed E-state index contributed by atoms with van der Waals surface area (Å²) < 4.78 is 12.2. The van der Waals surface area contributed by atoms with Crippen LogP contribution in [-0.2, 0) is 0 Å². The van der Waals surface area contributed by atoms with Crippen LogP contribution >= 0.6 is 11.6 Å². The number of halogens is 1. The van der Waals surface area contributed by atoms with Crippen LogP contribution < -0.4 is 20.5 Å².